The fraction of sp³-hybridized carbons (Fsp3) is 0.323. The molecule has 3 aromatic carbocycles. The van der Waals surface area contributed by atoms with Crippen molar-refractivity contribution in [2.24, 2.45) is 0 Å². The first-order valence-corrected chi connectivity index (χ1v) is 15.2. The molecular weight excluding hydrogens is 510 g/mol. The molecule has 1 N–H and O–H groups in total. The van der Waals surface area contributed by atoms with Gasteiger partial charge in [0.2, 0.25) is 0 Å². The molecule has 4 aromatic rings. The smallest absolute Gasteiger partial charge is 0.262 e. The van der Waals surface area contributed by atoms with Crippen LogP contribution < -0.4 is 9.62 Å². The third kappa shape index (κ3) is 6.11. The molecule has 7 nitrogen and oxygen atoms in total. The topological polar surface area (TPSA) is 82.9 Å². The Morgan fingerprint density at radius 1 is 0.974 bits per heavy atom. The first-order chi connectivity index (χ1) is 19.0. The molecule has 0 radical (unpaired) electrons. The molecule has 5 rings (SSSR count). The van der Waals surface area contributed by atoms with E-state index in [1.807, 2.05) is 47.4 Å². The summed E-state index contributed by atoms with van der Waals surface area (Å²) in [5, 5.41) is 1.50. The highest BCUT2D eigenvalue weighted by Crippen LogP contribution is 2.31. The second-order valence-electron chi connectivity index (χ2n) is 10.0. The lowest BCUT2D eigenvalue weighted by Gasteiger charge is -2.31. The largest absolute Gasteiger partial charge is 0.467 e. The number of benzene rings is 3. The maximum atomic E-state index is 13.9. The number of anilines is 2. The fourth-order valence-electron chi connectivity index (χ4n) is 5.18. The lowest BCUT2D eigenvalue weighted by molar-refractivity contribution is 0.0725. The highest BCUT2D eigenvalue weighted by molar-refractivity contribution is 7.93. The van der Waals surface area contributed by atoms with Gasteiger partial charge in [0.25, 0.3) is 15.9 Å². The average molecular weight is 546 g/mol. The van der Waals surface area contributed by atoms with Crippen LogP contribution in [-0.2, 0) is 16.6 Å². The molecule has 1 aliphatic rings. The monoisotopic (exact) mass is 545 g/mol. The molecule has 1 aromatic heterocycles. The standard InChI is InChI=1S/C31H35N3O4S/c1-2-3-18-34(23-26-13-10-21-38-26)29-17-16-25(22-28(29)31(35)33-19-7-4-8-20-33)32-39(36,37)30-15-9-12-24-11-5-6-14-27(24)30/h5-6,9-17,21-22,32H,2-4,7-8,18-20,23H2,1H3. The predicted octanol–water partition coefficient (Wildman–Crippen LogP) is 6.67. The van der Waals surface area contributed by atoms with Gasteiger partial charge in [0.05, 0.1) is 29.0 Å². The normalized spacial score (nSPS) is 13.9. The molecule has 1 amide bonds. The minimum atomic E-state index is -3.90. The third-order valence-electron chi connectivity index (χ3n) is 7.21. The van der Waals surface area contributed by atoms with Crippen molar-refractivity contribution in [1.29, 1.82) is 0 Å². The van der Waals surface area contributed by atoms with Crippen molar-refractivity contribution in [1.82, 2.24) is 4.90 Å². The first-order valence-electron chi connectivity index (χ1n) is 13.7. The van der Waals surface area contributed by atoms with Gasteiger partial charge in [-0.05, 0) is 67.5 Å². The molecule has 1 fully saturated rings. The van der Waals surface area contributed by atoms with Crippen LogP contribution in [0.2, 0.25) is 0 Å². The Labute approximate surface area is 230 Å². The molecule has 0 unspecified atom stereocenters. The number of hydrogen-bond acceptors (Lipinski definition) is 5. The summed E-state index contributed by atoms with van der Waals surface area (Å²) >= 11 is 0. The number of carbonyl (C=O) groups excluding carboxylic acids is 1. The molecule has 0 spiro atoms. The summed E-state index contributed by atoms with van der Waals surface area (Å²) in [5.74, 6) is 0.736. The van der Waals surface area contributed by atoms with Crippen LogP contribution in [-0.4, -0.2) is 38.9 Å². The number of nitrogens with one attached hydrogen (secondary N) is 1. The molecule has 204 valence electrons. The Bertz CT molecular complexity index is 1520. The quantitative estimate of drug-likeness (QED) is 0.241. The molecule has 8 heteroatoms. The highest BCUT2D eigenvalue weighted by Gasteiger charge is 2.25. The summed E-state index contributed by atoms with van der Waals surface area (Å²) in [7, 11) is -3.90. The molecule has 0 atom stereocenters. The van der Waals surface area contributed by atoms with E-state index in [9.17, 15) is 13.2 Å². The van der Waals surface area contributed by atoms with E-state index < -0.39 is 10.0 Å². The molecule has 0 saturated carbocycles. The van der Waals surface area contributed by atoms with E-state index in [0.29, 0.717) is 36.3 Å². The van der Waals surface area contributed by atoms with E-state index in [1.165, 1.54) is 0 Å². The number of hydrogen-bond donors (Lipinski definition) is 1. The van der Waals surface area contributed by atoms with Gasteiger partial charge in [0.15, 0.2) is 0 Å². The van der Waals surface area contributed by atoms with Gasteiger partial charge in [-0.15, -0.1) is 0 Å². The number of fused-ring (bicyclic) bond motifs is 1. The van der Waals surface area contributed by atoms with Crippen molar-refractivity contribution in [2.45, 2.75) is 50.5 Å². The Balaban J connectivity index is 1.53. The van der Waals surface area contributed by atoms with E-state index in [1.54, 1.807) is 36.6 Å². The van der Waals surface area contributed by atoms with Gasteiger partial charge in [-0.2, -0.15) is 0 Å². The molecule has 39 heavy (non-hydrogen) atoms. The molecule has 1 saturated heterocycles. The van der Waals surface area contributed by atoms with E-state index >= 15 is 0 Å². The SMILES string of the molecule is CCCCN(Cc1ccco1)c1ccc(NS(=O)(=O)c2cccc3ccccc23)cc1C(=O)N1CCCCC1. The van der Waals surface area contributed by atoms with Crippen molar-refractivity contribution < 1.29 is 17.6 Å². The second-order valence-corrected chi connectivity index (χ2v) is 11.7. The average Bonchev–Trinajstić information content (AvgIpc) is 3.48. The second kappa shape index (κ2) is 11.9. The highest BCUT2D eigenvalue weighted by atomic mass is 32.2. The number of likely N-dealkylation sites (tertiary alicyclic amines) is 1. The van der Waals surface area contributed by atoms with Crippen LogP contribution in [0.5, 0.6) is 0 Å². The molecule has 2 heterocycles. The van der Waals surface area contributed by atoms with Crippen molar-refractivity contribution in [2.75, 3.05) is 29.3 Å². The van der Waals surface area contributed by atoms with Crippen molar-refractivity contribution in [3.63, 3.8) is 0 Å². The van der Waals surface area contributed by atoms with Crippen LogP contribution in [0.4, 0.5) is 11.4 Å². The lowest BCUT2D eigenvalue weighted by atomic mass is 10.1. The van der Waals surface area contributed by atoms with Gasteiger partial charge in [0.1, 0.15) is 5.76 Å². The Kier molecular flexibility index (Phi) is 8.21. The van der Waals surface area contributed by atoms with E-state index in [4.69, 9.17) is 4.42 Å². The van der Waals surface area contributed by atoms with Gasteiger partial charge >= 0.3 is 0 Å². The van der Waals surface area contributed by atoms with Crippen LogP contribution >= 0.6 is 0 Å². The van der Waals surface area contributed by atoms with Crippen molar-refractivity contribution >= 4 is 38.1 Å². The van der Waals surface area contributed by atoms with Crippen LogP contribution in [0.3, 0.4) is 0 Å². The minimum Gasteiger partial charge on any atom is -0.467 e. The van der Waals surface area contributed by atoms with Gasteiger partial charge in [-0.1, -0.05) is 49.7 Å². The molecule has 0 aliphatic carbocycles. The van der Waals surface area contributed by atoms with E-state index in [2.05, 4.69) is 16.5 Å². The van der Waals surface area contributed by atoms with Crippen molar-refractivity contribution in [3.05, 3.63) is 90.4 Å². The number of amides is 1. The summed E-state index contributed by atoms with van der Waals surface area (Å²) in [6.45, 7) is 4.82. The number of piperidine rings is 1. The summed E-state index contributed by atoms with van der Waals surface area (Å²) in [4.78, 5) is 18.1. The Morgan fingerprint density at radius 2 is 1.77 bits per heavy atom. The minimum absolute atomic E-state index is 0.0724. The summed E-state index contributed by atoms with van der Waals surface area (Å²) in [6.07, 6.45) is 6.67. The zero-order valence-corrected chi connectivity index (χ0v) is 23.1. The number of sulfonamides is 1. The maximum Gasteiger partial charge on any atom is 0.262 e. The fourth-order valence-corrected chi connectivity index (χ4v) is 6.46. The number of rotatable bonds is 10. The van der Waals surface area contributed by atoms with Crippen LogP contribution in [0.25, 0.3) is 10.8 Å². The lowest BCUT2D eigenvalue weighted by Crippen LogP contribution is -2.37. The zero-order chi connectivity index (χ0) is 27.2. The molecular formula is C31H35N3O4S. The summed E-state index contributed by atoms with van der Waals surface area (Å²) in [6, 6.07) is 21.7. The van der Waals surface area contributed by atoms with Gasteiger partial charge in [0, 0.05) is 30.7 Å². The first kappa shape index (κ1) is 26.8. The Hall–Kier alpha value is -3.78. The summed E-state index contributed by atoms with van der Waals surface area (Å²) < 4.78 is 35.5. The van der Waals surface area contributed by atoms with E-state index in [0.717, 1.165) is 55.5 Å². The van der Waals surface area contributed by atoms with Crippen LogP contribution in [0.15, 0.2) is 88.4 Å². The van der Waals surface area contributed by atoms with Crippen LogP contribution in [0.1, 0.15) is 55.1 Å². The predicted molar refractivity (Wildman–Crippen MR) is 156 cm³/mol. The van der Waals surface area contributed by atoms with Crippen molar-refractivity contribution in [3.8, 4) is 0 Å². The number of unbranched alkanes of at least 4 members (excludes halogenated alkanes) is 1. The number of carbonyl (C=O) groups is 1. The molecule has 0 bridgehead atoms. The number of furan rings is 1. The van der Waals surface area contributed by atoms with E-state index in [-0.39, 0.29) is 10.8 Å². The maximum absolute atomic E-state index is 13.9. The molecule has 1 aliphatic heterocycles. The zero-order valence-electron chi connectivity index (χ0n) is 22.3. The number of nitrogens with zero attached hydrogens (tertiary/aromatic N) is 2. The third-order valence-corrected chi connectivity index (χ3v) is 8.65. The van der Waals surface area contributed by atoms with Crippen LogP contribution in [0, 0.1) is 0 Å². The van der Waals surface area contributed by atoms with Gasteiger partial charge in [-0.25, -0.2) is 8.42 Å². The van der Waals surface area contributed by atoms with Gasteiger partial charge in [-0.3, -0.25) is 9.52 Å². The summed E-state index contributed by atoms with van der Waals surface area (Å²) in [5.41, 5.74) is 1.64. The Morgan fingerprint density at radius 3 is 2.54 bits per heavy atom. The van der Waals surface area contributed by atoms with Gasteiger partial charge < -0.3 is 14.2 Å².